The molecule has 0 aromatic heterocycles. The summed E-state index contributed by atoms with van der Waals surface area (Å²) in [5, 5.41) is 0. The Labute approximate surface area is 155 Å². The van der Waals surface area contributed by atoms with Crippen molar-refractivity contribution >= 4 is 25.7 Å². The predicted octanol–water partition coefficient (Wildman–Crippen LogP) is 1.69. The van der Waals surface area contributed by atoms with Gasteiger partial charge in [-0.15, -0.1) is 0 Å². The van der Waals surface area contributed by atoms with Crippen molar-refractivity contribution in [1.29, 1.82) is 0 Å². The summed E-state index contributed by atoms with van der Waals surface area (Å²) in [5.74, 6) is 0.133. The molecule has 1 aromatic carbocycles. The van der Waals surface area contributed by atoms with Crippen molar-refractivity contribution in [3.63, 3.8) is 0 Å². The zero-order valence-corrected chi connectivity index (χ0v) is 16.8. The highest BCUT2D eigenvalue weighted by molar-refractivity contribution is 7.92. The van der Waals surface area contributed by atoms with E-state index in [1.165, 1.54) is 4.31 Å². The van der Waals surface area contributed by atoms with Crippen LogP contribution in [-0.4, -0.2) is 48.4 Å². The SMILES string of the molecule is Cc1cc(N2CCCCS2(=O)=O)cc(C)c1S(=O)(=O)NCC1CCCO1. The number of sulfonamides is 2. The molecule has 3 rings (SSSR count). The molecule has 1 unspecified atom stereocenters. The Morgan fingerprint density at radius 3 is 2.46 bits per heavy atom. The first-order valence-corrected chi connectivity index (χ1v) is 12.0. The van der Waals surface area contributed by atoms with Gasteiger partial charge in [-0.25, -0.2) is 21.6 Å². The minimum Gasteiger partial charge on any atom is -0.377 e. The number of nitrogens with zero attached hydrogens (tertiary/aromatic N) is 1. The normalized spacial score (nSPS) is 23.3. The molecule has 7 nitrogen and oxygen atoms in total. The minimum absolute atomic E-state index is 0.0804. The molecule has 2 fully saturated rings. The zero-order valence-electron chi connectivity index (χ0n) is 15.2. The highest BCUT2D eigenvalue weighted by atomic mass is 32.2. The number of aryl methyl sites for hydroxylation is 2. The fourth-order valence-electron chi connectivity index (χ4n) is 3.65. The fraction of sp³-hybridized carbons (Fsp3) is 0.647. The zero-order chi connectivity index (χ0) is 18.9. The third kappa shape index (κ3) is 4.05. The second kappa shape index (κ2) is 7.46. The van der Waals surface area contributed by atoms with Crippen LogP contribution in [-0.2, 0) is 24.8 Å². The lowest BCUT2D eigenvalue weighted by molar-refractivity contribution is 0.114. The Kier molecular flexibility index (Phi) is 5.62. The summed E-state index contributed by atoms with van der Waals surface area (Å²) < 4.78 is 59.6. The summed E-state index contributed by atoms with van der Waals surface area (Å²) in [5.41, 5.74) is 1.62. The van der Waals surface area contributed by atoms with Crippen molar-refractivity contribution in [2.24, 2.45) is 0 Å². The van der Waals surface area contributed by atoms with Crippen LogP contribution in [0.25, 0.3) is 0 Å². The molecule has 1 N–H and O–H groups in total. The van der Waals surface area contributed by atoms with Gasteiger partial charge in [0.1, 0.15) is 0 Å². The van der Waals surface area contributed by atoms with Gasteiger partial charge in [0.05, 0.1) is 22.4 Å². The number of benzene rings is 1. The first-order valence-electron chi connectivity index (χ1n) is 8.94. The largest absolute Gasteiger partial charge is 0.377 e. The molecular weight excluding hydrogens is 376 g/mol. The lowest BCUT2D eigenvalue weighted by Crippen LogP contribution is -2.38. The molecule has 2 saturated heterocycles. The highest BCUT2D eigenvalue weighted by Crippen LogP contribution is 2.30. The van der Waals surface area contributed by atoms with E-state index in [1.807, 2.05) is 0 Å². The van der Waals surface area contributed by atoms with Crippen molar-refractivity contribution < 1.29 is 21.6 Å². The van der Waals surface area contributed by atoms with Crippen molar-refractivity contribution in [1.82, 2.24) is 4.72 Å². The van der Waals surface area contributed by atoms with Crippen LogP contribution in [0.2, 0.25) is 0 Å². The van der Waals surface area contributed by atoms with Crippen LogP contribution in [0.15, 0.2) is 17.0 Å². The molecule has 146 valence electrons. The smallest absolute Gasteiger partial charge is 0.241 e. The van der Waals surface area contributed by atoms with Crippen molar-refractivity contribution in [3.8, 4) is 0 Å². The van der Waals surface area contributed by atoms with E-state index in [2.05, 4.69) is 4.72 Å². The van der Waals surface area contributed by atoms with E-state index in [0.717, 1.165) is 19.3 Å². The lowest BCUT2D eigenvalue weighted by atomic mass is 10.1. The molecule has 26 heavy (non-hydrogen) atoms. The van der Waals surface area contributed by atoms with Gasteiger partial charge in [-0.1, -0.05) is 0 Å². The molecule has 0 aliphatic carbocycles. The summed E-state index contributed by atoms with van der Waals surface area (Å²) in [7, 11) is -7.01. The maximum absolute atomic E-state index is 12.7. The Morgan fingerprint density at radius 2 is 1.88 bits per heavy atom. The fourth-order valence-corrected chi connectivity index (χ4v) is 6.79. The second-order valence-corrected chi connectivity index (χ2v) is 10.7. The monoisotopic (exact) mass is 402 g/mol. The molecule has 2 heterocycles. The summed E-state index contributed by atoms with van der Waals surface area (Å²) in [6.45, 7) is 4.76. The van der Waals surface area contributed by atoms with Crippen LogP contribution in [0.4, 0.5) is 5.69 Å². The number of anilines is 1. The molecule has 1 atom stereocenters. The average Bonchev–Trinajstić information content (AvgIpc) is 3.05. The van der Waals surface area contributed by atoms with Gasteiger partial charge < -0.3 is 4.74 Å². The van der Waals surface area contributed by atoms with Gasteiger partial charge in [-0.05, 0) is 62.8 Å². The van der Waals surface area contributed by atoms with Gasteiger partial charge in [0.25, 0.3) is 0 Å². The molecule has 2 aliphatic rings. The Bertz CT molecular complexity index is 851. The molecule has 1 aromatic rings. The predicted molar refractivity (Wildman–Crippen MR) is 100 cm³/mol. The second-order valence-electron chi connectivity index (χ2n) is 6.99. The van der Waals surface area contributed by atoms with E-state index in [0.29, 0.717) is 36.4 Å². The van der Waals surface area contributed by atoms with Gasteiger partial charge in [0.15, 0.2) is 0 Å². The van der Waals surface area contributed by atoms with E-state index in [1.54, 1.807) is 26.0 Å². The first-order chi connectivity index (χ1) is 12.2. The maximum atomic E-state index is 12.7. The third-order valence-corrected chi connectivity index (χ3v) is 8.47. The Hall–Kier alpha value is -1.16. The van der Waals surface area contributed by atoms with Gasteiger partial charge >= 0.3 is 0 Å². The van der Waals surface area contributed by atoms with Crippen molar-refractivity contribution in [2.75, 3.05) is 29.8 Å². The minimum atomic E-state index is -3.68. The summed E-state index contributed by atoms with van der Waals surface area (Å²) >= 11 is 0. The van der Waals surface area contributed by atoms with Gasteiger partial charge in [-0.2, -0.15) is 0 Å². The van der Waals surface area contributed by atoms with Crippen LogP contribution in [0.3, 0.4) is 0 Å². The standard InChI is InChI=1S/C17H26N2O5S2/c1-13-10-15(19-7-3-4-9-25(19,20)21)11-14(2)17(13)26(22,23)18-12-16-6-5-8-24-16/h10-11,16,18H,3-9,12H2,1-2H3. The van der Waals surface area contributed by atoms with Crippen molar-refractivity contribution in [3.05, 3.63) is 23.3 Å². The molecule has 0 radical (unpaired) electrons. The number of rotatable bonds is 5. The third-order valence-electron chi connectivity index (χ3n) is 4.88. The molecule has 0 bridgehead atoms. The molecule has 0 spiro atoms. The molecular formula is C17H26N2O5S2. The van der Waals surface area contributed by atoms with E-state index in [9.17, 15) is 16.8 Å². The number of hydrogen-bond donors (Lipinski definition) is 1. The topological polar surface area (TPSA) is 92.8 Å². The number of ether oxygens (including phenoxy) is 1. The summed E-state index contributed by atoms with van der Waals surface area (Å²) in [6, 6.07) is 3.30. The van der Waals surface area contributed by atoms with Gasteiger partial charge in [0, 0.05) is 19.7 Å². The molecule has 9 heteroatoms. The lowest BCUT2D eigenvalue weighted by Gasteiger charge is -2.29. The van der Waals surface area contributed by atoms with Crippen LogP contribution in [0, 0.1) is 13.8 Å². The number of nitrogens with one attached hydrogen (secondary N) is 1. The molecule has 0 amide bonds. The average molecular weight is 403 g/mol. The van der Waals surface area contributed by atoms with Crippen LogP contribution in [0.1, 0.15) is 36.8 Å². The summed E-state index contributed by atoms with van der Waals surface area (Å²) in [4.78, 5) is 0.216. The molecule has 0 saturated carbocycles. The van der Waals surface area contributed by atoms with Crippen LogP contribution < -0.4 is 9.03 Å². The molecule has 2 aliphatic heterocycles. The Balaban J connectivity index is 1.87. The Morgan fingerprint density at radius 1 is 1.19 bits per heavy atom. The van der Waals surface area contributed by atoms with E-state index in [4.69, 9.17) is 4.74 Å². The maximum Gasteiger partial charge on any atom is 0.241 e. The van der Waals surface area contributed by atoms with E-state index >= 15 is 0 Å². The number of hydrogen-bond acceptors (Lipinski definition) is 5. The van der Waals surface area contributed by atoms with E-state index < -0.39 is 20.0 Å². The van der Waals surface area contributed by atoms with Crippen LogP contribution in [0.5, 0.6) is 0 Å². The van der Waals surface area contributed by atoms with Gasteiger partial charge in [0.2, 0.25) is 20.0 Å². The van der Waals surface area contributed by atoms with E-state index in [-0.39, 0.29) is 23.3 Å². The van der Waals surface area contributed by atoms with Crippen molar-refractivity contribution in [2.45, 2.75) is 50.5 Å². The first kappa shape index (κ1) is 19.6. The quantitative estimate of drug-likeness (QED) is 0.809. The van der Waals surface area contributed by atoms with Crippen LogP contribution >= 0.6 is 0 Å². The van der Waals surface area contributed by atoms with Gasteiger partial charge in [-0.3, -0.25) is 4.31 Å². The highest BCUT2D eigenvalue weighted by Gasteiger charge is 2.29. The summed E-state index contributed by atoms with van der Waals surface area (Å²) in [6.07, 6.45) is 3.19.